The third-order valence-electron chi connectivity index (χ3n) is 3.76. The van der Waals surface area contributed by atoms with Crippen molar-refractivity contribution in [2.75, 3.05) is 13.1 Å². The van der Waals surface area contributed by atoms with Crippen molar-refractivity contribution in [2.45, 2.75) is 46.1 Å². The molecule has 1 heterocycles. The van der Waals surface area contributed by atoms with E-state index in [1.165, 1.54) is 12.8 Å². The lowest BCUT2D eigenvalue weighted by Gasteiger charge is -2.28. The predicted molar refractivity (Wildman–Crippen MR) is 81.3 cm³/mol. The van der Waals surface area contributed by atoms with Crippen molar-refractivity contribution in [1.82, 2.24) is 14.9 Å². The normalized spacial score (nSPS) is 13.3. The van der Waals surface area contributed by atoms with Crippen LogP contribution < -0.4 is 0 Å². The molecular formula is C16H25N3. The third kappa shape index (κ3) is 3.16. The fourth-order valence-electron chi connectivity index (χ4n) is 2.65. The number of para-hydroxylation sites is 2. The number of imidazole rings is 1. The zero-order chi connectivity index (χ0) is 13.7. The van der Waals surface area contributed by atoms with Crippen LogP contribution in [0.3, 0.4) is 0 Å². The maximum atomic E-state index is 4.76. The topological polar surface area (TPSA) is 31.9 Å². The number of benzene rings is 1. The summed E-state index contributed by atoms with van der Waals surface area (Å²) in [6.45, 7) is 8.96. The standard InChI is InChI=1S/C16H25N3/c1-4-7-12-19(6-3)15(5-2)16-17-13-10-8-9-11-14(13)18-16/h8-11,15H,4-7,12H2,1-3H3,(H,17,18). The Morgan fingerprint density at radius 1 is 1.21 bits per heavy atom. The highest BCUT2D eigenvalue weighted by molar-refractivity contribution is 5.74. The van der Waals surface area contributed by atoms with Gasteiger partial charge in [-0.15, -0.1) is 0 Å². The Morgan fingerprint density at radius 3 is 2.63 bits per heavy atom. The first-order valence-corrected chi connectivity index (χ1v) is 7.48. The van der Waals surface area contributed by atoms with Crippen LogP contribution in [0.4, 0.5) is 0 Å². The SMILES string of the molecule is CCCCN(CC)C(CC)c1nc2ccccc2[nH]1. The van der Waals surface area contributed by atoms with Crippen molar-refractivity contribution in [3.8, 4) is 0 Å². The molecule has 0 bridgehead atoms. The number of H-pyrrole nitrogens is 1. The van der Waals surface area contributed by atoms with Crippen LogP contribution >= 0.6 is 0 Å². The average Bonchev–Trinajstić information content (AvgIpc) is 2.86. The lowest BCUT2D eigenvalue weighted by atomic mass is 10.1. The molecule has 3 nitrogen and oxygen atoms in total. The highest BCUT2D eigenvalue weighted by Crippen LogP contribution is 2.24. The Morgan fingerprint density at radius 2 is 2.00 bits per heavy atom. The summed E-state index contributed by atoms with van der Waals surface area (Å²) in [4.78, 5) is 10.8. The summed E-state index contributed by atoms with van der Waals surface area (Å²) in [6.07, 6.45) is 3.59. The zero-order valence-corrected chi connectivity index (χ0v) is 12.3. The first-order valence-electron chi connectivity index (χ1n) is 7.48. The second-order valence-corrected chi connectivity index (χ2v) is 5.05. The lowest BCUT2D eigenvalue weighted by Crippen LogP contribution is -2.30. The Balaban J connectivity index is 2.24. The van der Waals surface area contributed by atoms with Crippen LogP contribution in [0.15, 0.2) is 24.3 Å². The van der Waals surface area contributed by atoms with Crippen LogP contribution in [0.1, 0.15) is 51.9 Å². The molecule has 19 heavy (non-hydrogen) atoms. The number of aromatic nitrogens is 2. The maximum absolute atomic E-state index is 4.76. The van der Waals surface area contributed by atoms with Gasteiger partial charge in [-0.3, -0.25) is 4.90 Å². The number of aromatic amines is 1. The molecule has 0 radical (unpaired) electrons. The van der Waals surface area contributed by atoms with Gasteiger partial charge >= 0.3 is 0 Å². The molecule has 3 heteroatoms. The molecule has 1 atom stereocenters. The van der Waals surface area contributed by atoms with Gasteiger partial charge in [0.1, 0.15) is 5.82 Å². The molecule has 0 aliphatic heterocycles. The van der Waals surface area contributed by atoms with E-state index >= 15 is 0 Å². The van der Waals surface area contributed by atoms with Crippen LogP contribution in [0.25, 0.3) is 11.0 Å². The van der Waals surface area contributed by atoms with Gasteiger partial charge in [0.25, 0.3) is 0 Å². The van der Waals surface area contributed by atoms with Gasteiger partial charge in [0, 0.05) is 0 Å². The number of hydrogen-bond donors (Lipinski definition) is 1. The molecule has 1 aromatic heterocycles. The van der Waals surface area contributed by atoms with Crippen molar-refractivity contribution < 1.29 is 0 Å². The highest BCUT2D eigenvalue weighted by Gasteiger charge is 2.20. The second-order valence-electron chi connectivity index (χ2n) is 5.05. The van der Waals surface area contributed by atoms with Gasteiger partial charge in [0.2, 0.25) is 0 Å². The predicted octanol–water partition coefficient (Wildman–Crippen LogP) is 4.14. The first-order chi connectivity index (χ1) is 9.30. The minimum atomic E-state index is 0.406. The largest absolute Gasteiger partial charge is 0.341 e. The van der Waals surface area contributed by atoms with E-state index in [9.17, 15) is 0 Å². The first kappa shape index (κ1) is 14.1. The van der Waals surface area contributed by atoms with E-state index in [4.69, 9.17) is 4.98 Å². The summed E-state index contributed by atoms with van der Waals surface area (Å²) in [5.74, 6) is 1.11. The summed E-state index contributed by atoms with van der Waals surface area (Å²) in [6, 6.07) is 8.68. The maximum Gasteiger partial charge on any atom is 0.124 e. The molecule has 104 valence electrons. The van der Waals surface area contributed by atoms with Crippen LogP contribution in [0.2, 0.25) is 0 Å². The van der Waals surface area contributed by atoms with Crippen molar-refractivity contribution in [1.29, 1.82) is 0 Å². The molecule has 2 aromatic rings. The fourth-order valence-corrected chi connectivity index (χ4v) is 2.65. The molecule has 0 fully saturated rings. The van der Waals surface area contributed by atoms with Crippen molar-refractivity contribution in [2.24, 2.45) is 0 Å². The summed E-state index contributed by atoms with van der Waals surface area (Å²) in [7, 11) is 0. The molecule has 0 saturated heterocycles. The van der Waals surface area contributed by atoms with Crippen molar-refractivity contribution in [3.05, 3.63) is 30.1 Å². The van der Waals surface area contributed by atoms with E-state index < -0.39 is 0 Å². The molecule has 0 aliphatic carbocycles. The van der Waals surface area contributed by atoms with Gasteiger partial charge in [-0.2, -0.15) is 0 Å². The van der Waals surface area contributed by atoms with Gasteiger partial charge in [0.05, 0.1) is 17.1 Å². The van der Waals surface area contributed by atoms with Gasteiger partial charge < -0.3 is 4.98 Å². The molecule has 0 saturated carbocycles. The summed E-state index contributed by atoms with van der Waals surface area (Å²) >= 11 is 0. The van der Waals surface area contributed by atoms with E-state index in [1.807, 2.05) is 6.07 Å². The van der Waals surface area contributed by atoms with E-state index in [0.29, 0.717) is 6.04 Å². The molecule has 1 unspecified atom stereocenters. The molecule has 0 aliphatic rings. The number of unbranched alkanes of at least 4 members (excludes halogenated alkanes) is 1. The Hall–Kier alpha value is -1.35. The van der Waals surface area contributed by atoms with E-state index in [-0.39, 0.29) is 0 Å². The smallest absolute Gasteiger partial charge is 0.124 e. The number of hydrogen-bond acceptors (Lipinski definition) is 2. The van der Waals surface area contributed by atoms with Crippen LogP contribution in [-0.2, 0) is 0 Å². The molecule has 0 amide bonds. The number of nitrogens with one attached hydrogen (secondary N) is 1. The number of nitrogens with zero attached hydrogens (tertiary/aromatic N) is 2. The van der Waals surface area contributed by atoms with E-state index in [2.05, 4.69) is 48.9 Å². The van der Waals surface area contributed by atoms with Gasteiger partial charge in [-0.05, 0) is 38.1 Å². The minimum Gasteiger partial charge on any atom is -0.341 e. The Bertz CT molecular complexity index is 470. The third-order valence-corrected chi connectivity index (χ3v) is 3.76. The molecule has 1 aromatic carbocycles. The average molecular weight is 259 g/mol. The molecular weight excluding hydrogens is 234 g/mol. The quantitative estimate of drug-likeness (QED) is 0.810. The van der Waals surface area contributed by atoms with Gasteiger partial charge in [-0.25, -0.2) is 4.98 Å². The zero-order valence-electron chi connectivity index (χ0n) is 12.3. The molecule has 0 spiro atoms. The summed E-state index contributed by atoms with van der Waals surface area (Å²) in [5, 5.41) is 0. The van der Waals surface area contributed by atoms with Crippen LogP contribution in [0.5, 0.6) is 0 Å². The fraction of sp³-hybridized carbons (Fsp3) is 0.562. The number of rotatable bonds is 7. The monoisotopic (exact) mass is 259 g/mol. The van der Waals surface area contributed by atoms with Gasteiger partial charge in [0.15, 0.2) is 0 Å². The molecule has 2 rings (SSSR count). The Kier molecular flexibility index (Phi) is 4.97. The molecule has 1 N–H and O–H groups in total. The van der Waals surface area contributed by atoms with Crippen LogP contribution in [0, 0.1) is 0 Å². The van der Waals surface area contributed by atoms with Crippen molar-refractivity contribution >= 4 is 11.0 Å². The second kappa shape index (κ2) is 6.71. The van der Waals surface area contributed by atoms with Gasteiger partial charge in [-0.1, -0.05) is 39.3 Å². The van der Waals surface area contributed by atoms with E-state index in [0.717, 1.165) is 36.4 Å². The highest BCUT2D eigenvalue weighted by atomic mass is 15.2. The lowest BCUT2D eigenvalue weighted by molar-refractivity contribution is 0.192. The minimum absolute atomic E-state index is 0.406. The Labute approximate surface area is 116 Å². The summed E-state index contributed by atoms with van der Waals surface area (Å²) in [5.41, 5.74) is 2.21. The van der Waals surface area contributed by atoms with Crippen LogP contribution in [-0.4, -0.2) is 28.0 Å². The van der Waals surface area contributed by atoms with Crippen molar-refractivity contribution in [3.63, 3.8) is 0 Å². The summed E-state index contributed by atoms with van der Waals surface area (Å²) < 4.78 is 0. The number of fused-ring (bicyclic) bond motifs is 1. The van der Waals surface area contributed by atoms with E-state index in [1.54, 1.807) is 0 Å².